The lowest BCUT2D eigenvalue weighted by atomic mass is 10.1. The van der Waals surface area contributed by atoms with Crippen molar-refractivity contribution in [2.45, 2.75) is 6.54 Å². The zero-order valence-corrected chi connectivity index (χ0v) is 16.4. The molecule has 0 bridgehead atoms. The maximum atomic E-state index is 12.5. The first-order valence-corrected chi connectivity index (χ1v) is 9.55. The number of pyridine rings is 1. The van der Waals surface area contributed by atoms with Crippen LogP contribution in [0, 0.1) is 0 Å². The van der Waals surface area contributed by atoms with Gasteiger partial charge in [-0.3, -0.25) is 9.78 Å². The van der Waals surface area contributed by atoms with Crippen molar-refractivity contribution in [3.63, 3.8) is 0 Å². The quantitative estimate of drug-likeness (QED) is 0.436. The molecule has 0 aliphatic heterocycles. The number of benzene rings is 2. The summed E-state index contributed by atoms with van der Waals surface area (Å²) in [5.41, 5.74) is 2.98. The lowest BCUT2D eigenvalue weighted by Gasteiger charge is -2.09. The second-order valence-corrected chi connectivity index (χ2v) is 6.64. The van der Waals surface area contributed by atoms with E-state index in [4.69, 9.17) is 4.52 Å². The zero-order chi connectivity index (χ0) is 21.5. The maximum Gasteiger partial charge on any atom is 0.319 e. The fourth-order valence-electron chi connectivity index (χ4n) is 2.85. The highest BCUT2D eigenvalue weighted by atomic mass is 16.5. The summed E-state index contributed by atoms with van der Waals surface area (Å²) in [5, 5.41) is 12.1. The number of rotatable bonds is 6. The van der Waals surface area contributed by atoms with E-state index in [9.17, 15) is 9.59 Å². The summed E-state index contributed by atoms with van der Waals surface area (Å²) in [5.74, 6) is 0.0947. The third-order valence-corrected chi connectivity index (χ3v) is 4.38. The molecular weight excluding hydrogens is 394 g/mol. The van der Waals surface area contributed by atoms with Crippen molar-refractivity contribution in [1.82, 2.24) is 15.5 Å². The fourth-order valence-corrected chi connectivity index (χ4v) is 2.85. The highest BCUT2D eigenvalue weighted by Gasteiger charge is 2.14. The molecule has 2 aromatic heterocycles. The van der Waals surface area contributed by atoms with Gasteiger partial charge in [0.2, 0.25) is 0 Å². The summed E-state index contributed by atoms with van der Waals surface area (Å²) < 4.78 is 5.27. The van der Waals surface area contributed by atoms with Crippen molar-refractivity contribution >= 4 is 23.3 Å². The summed E-state index contributed by atoms with van der Waals surface area (Å²) in [6.45, 7) is 0.376. The van der Waals surface area contributed by atoms with Gasteiger partial charge in [-0.05, 0) is 35.9 Å². The second kappa shape index (κ2) is 9.36. The number of amides is 3. The number of nitrogens with one attached hydrogen (secondary N) is 3. The monoisotopic (exact) mass is 413 g/mol. The Morgan fingerprint density at radius 1 is 0.839 bits per heavy atom. The molecule has 31 heavy (non-hydrogen) atoms. The summed E-state index contributed by atoms with van der Waals surface area (Å²) in [6.07, 6.45) is 3.33. The molecule has 0 saturated heterocycles. The Balaban J connectivity index is 1.35. The Kier molecular flexibility index (Phi) is 5.99. The first-order chi connectivity index (χ1) is 15.2. The van der Waals surface area contributed by atoms with E-state index >= 15 is 0 Å². The van der Waals surface area contributed by atoms with Gasteiger partial charge >= 0.3 is 6.03 Å². The number of anilines is 2. The van der Waals surface area contributed by atoms with Crippen molar-refractivity contribution < 1.29 is 14.1 Å². The van der Waals surface area contributed by atoms with Crippen LogP contribution in [0.4, 0.5) is 16.2 Å². The first kappa shape index (κ1) is 19.8. The van der Waals surface area contributed by atoms with Crippen LogP contribution in [-0.2, 0) is 6.54 Å². The van der Waals surface area contributed by atoms with Crippen LogP contribution < -0.4 is 16.0 Å². The van der Waals surface area contributed by atoms with Crippen molar-refractivity contribution in [1.29, 1.82) is 0 Å². The molecule has 0 spiro atoms. The number of hydrogen-bond donors (Lipinski definition) is 3. The van der Waals surface area contributed by atoms with Crippen LogP contribution in [0.3, 0.4) is 0 Å². The molecule has 8 nitrogen and oxygen atoms in total. The number of hydrogen-bond acceptors (Lipinski definition) is 5. The molecule has 4 rings (SSSR count). The number of aromatic nitrogens is 2. The minimum atomic E-state index is -0.412. The number of carbonyl (C=O) groups excluding carboxylic acids is 2. The predicted octanol–water partition coefficient (Wildman–Crippen LogP) is 4.31. The SMILES string of the molecule is O=C(NCc1ccncc1)Nc1cccc(NC(=O)c2cc(-c3ccccc3)on2)c1. The molecule has 0 aliphatic rings. The lowest BCUT2D eigenvalue weighted by Crippen LogP contribution is -2.28. The molecule has 0 aliphatic carbocycles. The van der Waals surface area contributed by atoms with Gasteiger partial charge in [0.25, 0.3) is 5.91 Å². The van der Waals surface area contributed by atoms with Crippen molar-refractivity contribution in [3.8, 4) is 11.3 Å². The van der Waals surface area contributed by atoms with E-state index < -0.39 is 5.91 Å². The molecule has 0 atom stereocenters. The smallest absolute Gasteiger partial charge is 0.319 e. The third kappa shape index (κ3) is 5.33. The van der Waals surface area contributed by atoms with Gasteiger partial charge in [-0.25, -0.2) is 4.79 Å². The van der Waals surface area contributed by atoms with E-state index in [2.05, 4.69) is 26.1 Å². The van der Waals surface area contributed by atoms with E-state index in [0.29, 0.717) is 23.7 Å². The number of carbonyl (C=O) groups is 2. The van der Waals surface area contributed by atoms with Crippen LogP contribution in [0.15, 0.2) is 89.7 Å². The lowest BCUT2D eigenvalue weighted by molar-refractivity contribution is 0.101. The fraction of sp³-hybridized carbons (Fsp3) is 0.0435. The Morgan fingerprint density at radius 2 is 1.58 bits per heavy atom. The van der Waals surface area contributed by atoms with Gasteiger partial charge in [0, 0.05) is 41.9 Å². The molecule has 0 fully saturated rings. The summed E-state index contributed by atoms with van der Waals surface area (Å²) in [7, 11) is 0. The Bertz CT molecular complexity index is 1180. The minimum absolute atomic E-state index is 0.160. The molecule has 2 heterocycles. The first-order valence-electron chi connectivity index (χ1n) is 9.55. The molecule has 8 heteroatoms. The predicted molar refractivity (Wildman–Crippen MR) is 116 cm³/mol. The van der Waals surface area contributed by atoms with Crippen LogP contribution in [-0.4, -0.2) is 22.1 Å². The Morgan fingerprint density at radius 3 is 2.35 bits per heavy atom. The third-order valence-electron chi connectivity index (χ3n) is 4.38. The Labute approximate surface area is 178 Å². The van der Waals surface area contributed by atoms with Gasteiger partial charge in [-0.1, -0.05) is 41.6 Å². The molecule has 4 aromatic rings. The van der Waals surface area contributed by atoms with Crippen LogP contribution in [0.2, 0.25) is 0 Å². The molecule has 154 valence electrons. The number of urea groups is 1. The van der Waals surface area contributed by atoms with Crippen LogP contribution in [0.1, 0.15) is 16.1 Å². The zero-order valence-electron chi connectivity index (χ0n) is 16.4. The van der Waals surface area contributed by atoms with E-state index in [0.717, 1.165) is 11.1 Å². The van der Waals surface area contributed by atoms with Gasteiger partial charge in [0.1, 0.15) is 0 Å². The molecule has 3 amide bonds. The molecular formula is C23H19N5O3. The van der Waals surface area contributed by atoms with E-state index in [-0.39, 0.29) is 11.7 Å². The van der Waals surface area contributed by atoms with Crippen molar-refractivity contribution in [2.24, 2.45) is 0 Å². The van der Waals surface area contributed by atoms with Gasteiger partial charge in [0.15, 0.2) is 11.5 Å². The minimum Gasteiger partial charge on any atom is -0.355 e. The normalized spacial score (nSPS) is 10.3. The largest absolute Gasteiger partial charge is 0.355 e. The van der Waals surface area contributed by atoms with Gasteiger partial charge in [-0.15, -0.1) is 0 Å². The van der Waals surface area contributed by atoms with Crippen molar-refractivity contribution in [2.75, 3.05) is 10.6 Å². The van der Waals surface area contributed by atoms with Gasteiger partial charge < -0.3 is 20.5 Å². The maximum absolute atomic E-state index is 12.5. The summed E-state index contributed by atoms with van der Waals surface area (Å²) >= 11 is 0. The highest BCUT2D eigenvalue weighted by molar-refractivity contribution is 6.03. The number of nitrogens with zero attached hydrogens (tertiary/aromatic N) is 2. The summed E-state index contributed by atoms with van der Waals surface area (Å²) in [4.78, 5) is 28.6. The van der Waals surface area contributed by atoms with E-state index in [1.807, 2.05) is 42.5 Å². The molecule has 0 saturated carbocycles. The average molecular weight is 413 g/mol. The second-order valence-electron chi connectivity index (χ2n) is 6.64. The standard InChI is InChI=1S/C23H19N5O3/c29-22(20-14-21(31-28-20)17-5-2-1-3-6-17)26-18-7-4-8-19(13-18)27-23(30)25-15-16-9-11-24-12-10-16/h1-14H,15H2,(H,26,29)(H2,25,27,30). The highest BCUT2D eigenvalue weighted by Crippen LogP contribution is 2.21. The molecule has 3 N–H and O–H groups in total. The van der Waals surface area contributed by atoms with Gasteiger partial charge in [0.05, 0.1) is 0 Å². The molecule has 0 radical (unpaired) electrons. The van der Waals surface area contributed by atoms with Crippen LogP contribution in [0.25, 0.3) is 11.3 Å². The van der Waals surface area contributed by atoms with Crippen LogP contribution in [0.5, 0.6) is 0 Å². The van der Waals surface area contributed by atoms with E-state index in [1.165, 1.54) is 0 Å². The average Bonchev–Trinajstić information content (AvgIpc) is 3.30. The van der Waals surface area contributed by atoms with E-state index in [1.54, 1.807) is 42.7 Å². The Hall–Kier alpha value is -4.46. The van der Waals surface area contributed by atoms with Crippen LogP contribution >= 0.6 is 0 Å². The van der Waals surface area contributed by atoms with Crippen molar-refractivity contribution in [3.05, 3.63) is 96.4 Å². The molecule has 2 aromatic carbocycles. The van der Waals surface area contributed by atoms with Gasteiger partial charge in [-0.2, -0.15) is 0 Å². The molecule has 0 unspecified atom stereocenters. The summed E-state index contributed by atoms with van der Waals surface area (Å²) in [6, 6.07) is 21.1. The topological polar surface area (TPSA) is 109 Å².